The molecule has 0 amide bonds. The van der Waals surface area contributed by atoms with E-state index in [9.17, 15) is 0 Å². The highest BCUT2D eigenvalue weighted by Crippen LogP contribution is 2.31. The van der Waals surface area contributed by atoms with E-state index >= 15 is 0 Å². The van der Waals surface area contributed by atoms with Gasteiger partial charge in [-0.2, -0.15) is 0 Å². The minimum atomic E-state index is 0.344. The molecule has 20 heavy (non-hydrogen) atoms. The first-order chi connectivity index (χ1) is 9.63. The van der Waals surface area contributed by atoms with Gasteiger partial charge in [-0.25, -0.2) is 9.97 Å². The molecule has 0 saturated carbocycles. The Morgan fingerprint density at radius 1 is 1.15 bits per heavy atom. The molecule has 0 aliphatic carbocycles. The Hall–Kier alpha value is -1.42. The summed E-state index contributed by atoms with van der Waals surface area (Å²) < 4.78 is 0.973. The number of aromatic nitrogens is 2. The number of benzene rings is 1. The number of halogens is 1. The van der Waals surface area contributed by atoms with E-state index in [-0.39, 0.29) is 0 Å². The smallest absolute Gasteiger partial charge is 0.161 e. The van der Waals surface area contributed by atoms with Crippen molar-refractivity contribution in [2.45, 2.75) is 33.1 Å². The number of nitrogens with zero attached hydrogens (tertiary/aromatic N) is 2. The van der Waals surface area contributed by atoms with Gasteiger partial charge in [0.25, 0.3) is 0 Å². The van der Waals surface area contributed by atoms with Crippen LogP contribution in [0.15, 0.2) is 34.8 Å². The molecule has 1 heterocycles. The van der Waals surface area contributed by atoms with Crippen molar-refractivity contribution >= 4 is 21.7 Å². The lowest BCUT2D eigenvalue weighted by Crippen LogP contribution is -2.08. The fourth-order valence-corrected chi connectivity index (χ4v) is 2.70. The molecule has 0 spiro atoms. The maximum absolute atomic E-state index is 4.71. The van der Waals surface area contributed by atoms with Crippen molar-refractivity contribution in [3.63, 3.8) is 0 Å². The summed E-state index contributed by atoms with van der Waals surface area (Å²) in [5.74, 6) is 2.00. The predicted octanol–water partition coefficient (Wildman–Crippen LogP) is 4.85. The number of rotatable bonds is 5. The van der Waals surface area contributed by atoms with Crippen LogP contribution in [-0.4, -0.2) is 16.5 Å². The second-order valence-electron chi connectivity index (χ2n) is 5.04. The molecule has 2 aromatic rings. The zero-order chi connectivity index (χ0) is 14.5. The minimum Gasteiger partial charge on any atom is -0.369 e. The number of hydrogen-bond acceptors (Lipinski definition) is 3. The molecule has 0 saturated heterocycles. The van der Waals surface area contributed by atoms with Crippen LogP contribution in [0.1, 0.15) is 38.8 Å². The van der Waals surface area contributed by atoms with Gasteiger partial charge in [0.2, 0.25) is 0 Å². The molecule has 1 aromatic heterocycles. The summed E-state index contributed by atoms with van der Waals surface area (Å²) in [6, 6.07) is 10.1. The second kappa shape index (κ2) is 6.84. The lowest BCUT2D eigenvalue weighted by molar-refractivity contribution is 0.808. The van der Waals surface area contributed by atoms with E-state index in [1.165, 1.54) is 0 Å². The quantitative estimate of drug-likeness (QED) is 0.849. The molecule has 0 bridgehead atoms. The van der Waals surface area contributed by atoms with Gasteiger partial charge in [0.05, 0.1) is 10.2 Å². The third-order valence-corrected chi connectivity index (χ3v) is 3.78. The molecule has 0 aliphatic rings. The molecule has 1 N–H and O–H groups in total. The van der Waals surface area contributed by atoms with E-state index in [0.29, 0.717) is 5.92 Å². The average molecular weight is 334 g/mol. The van der Waals surface area contributed by atoms with Gasteiger partial charge in [0, 0.05) is 12.1 Å². The minimum absolute atomic E-state index is 0.344. The van der Waals surface area contributed by atoms with Crippen LogP contribution >= 0.6 is 15.9 Å². The molecule has 3 nitrogen and oxygen atoms in total. The highest BCUT2D eigenvalue weighted by atomic mass is 79.9. The summed E-state index contributed by atoms with van der Waals surface area (Å²) in [5, 5.41) is 3.37. The first-order valence-corrected chi connectivity index (χ1v) is 7.79. The molecule has 1 aromatic carbocycles. The Morgan fingerprint density at radius 3 is 2.45 bits per heavy atom. The molecule has 2 rings (SSSR count). The number of anilines is 1. The van der Waals surface area contributed by atoms with Crippen LogP contribution in [0, 0.1) is 0 Å². The summed E-state index contributed by atoms with van der Waals surface area (Å²) in [4.78, 5) is 9.37. The predicted molar refractivity (Wildman–Crippen MR) is 88.0 cm³/mol. The van der Waals surface area contributed by atoms with E-state index in [2.05, 4.69) is 47.0 Å². The Morgan fingerprint density at radius 2 is 1.85 bits per heavy atom. The largest absolute Gasteiger partial charge is 0.369 e. The highest BCUT2D eigenvalue weighted by molar-refractivity contribution is 9.10. The molecule has 4 heteroatoms. The number of nitrogens with one attached hydrogen (secondary N) is 1. The van der Waals surface area contributed by atoms with Crippen LogP contribution in [0.5, 0.6) is 0 Å². The van der Waals surface area contributed by atoms with Gasteiger partial charge in [-0.3, -0.25) is 0 Å². The molecule has 0 atom stereocenters. The van der Waals surface area contributed by atoms with E-state index in [0.717, 1.165) is 40.3 Å². The van der Waals surface area contributed by atoms with Crippen molar-refractivity contribution in [3.8, 4) is 11.4 Å². The van der Waals surface area contributed by atoms with Crippen LogP contribution < -0.4 is 5.32 Å². The van der Waals surface area contributed by atoms with Gasteiger partial charge in [-0.1, -0.05) is 51.1 Å². The first-order valence-electron chi connectivity index (χ1n) is 7.00. The Kier molecular flexibility index (Phi) is 5.12. The third-order valence-electron chi connectivity index (χ3n) is 3.00. The standard InChI is InChI=1S/C16H20BrN3/c1-4-10-18-16-13(17)14(11(2)3)19-15(20-16)12-8-6-5-7-9-12/h5-9,11H,4,10H2,1-3H3,(H,18,19,20). The third kappa shape index (κ3) is 3.37. The zero-order valence-electron chi connectivity index (χ0n) is 12.2. The van der Waals surface area contributed by atoms with Crippen LogP contribution in [0.4, 0.5) is 5.82 Å². The van der Waals surface area contributed by atoms with E-state index < -0.39 is 0 Å². The second-order valence-corrected chi connectivity index (χ2v) is 5.84. The lowest BCUT2D eigenvalue weighted by Gasteiger charge is -2.14. The monoisotopic (exact) mass is 333 g/mol. The van der Waals surface area contributed by atoms with Gasteiger partial charge >= 0.3 is 0 Å². The van der Waals surface area contributed by atoms with Gasteiger partial charge < -0.3 is 5.32 Å². The number of hydrogen-bond donors (Lipinski definition) is 1. The van der Waals surface area contributed by atoms with Crippen LogP contribution in [-0.2, 0) is 0 Å². The summed E-state index contributed by atoms with van der Waals surface area (Å²) in [5.41, 5.74) is 2.08. The van der Waals surface area contributed by atoms with Crippen LogP contribution in [0.2, 0.25) is 0 Å². The maximum atomic E-state index is 4.71. The topological polar surface area (TPSA) is 37.8 Å². The Bertz CT molecular complexity index is 567. The van der Waals surface area contributed by atoms with E-state index in [4.69, 9.17) is 4.98 Å². The summed E-state index contributed by atoms with van der Waals surface area (Å²) in [6.07, 6.45) is 1.06. The molecule has 106 valence electrons. The fraction of sp³-hybridized carbons (Fsp3) is 0.375. The summed E-state index contributed by atoms with van der Waals surface area (Å²) >= 11 is 3.63. The van der Waals surface area contributed by atoms with Gasteiger partial charge in [0.1, 0.15) is 5.82 Å². The van der Waals surface area contributed by atoms with Crippen LogP contribution in [0.25, 0.3) is 11.4 Å². The van der Waals surface area contributed by atoms with E-state index in [1.54, 1.807) is 0 Å². The highest BCUT2D eigenvalue weighted by Gasteiger charge is 2.15. The molecular formula is C16H20BrN3. The van der Waals surface area contributed by atoms with Crippen LogP contribution in [0.3, 0.4) is 0 Å². The van der Waals surface area contributed by atoms with Gasteiger partial charge in [0.15, 0.2) is 5.82 Å². The summed E-state index contributed by atoms with van der Waals surface area (Å²) in [7, 11) is 0. The zero-order valence-corrected chi connectivity index (χ0v) is 13.7. The fourth-order valence-electron chi connectivity index (χ4n) is 1.92. The van der Waals surface area contributed by atoms with Crippen molar-refractivity contribution in [1.29, 1.82) is 0 Å². The molecule has 0 unspecified atom stereocenters. The van der Waals surface area contributed by atoms with Crippen molar-refractivity contribution in [2.75, 3.05) is 11.9 Å². The molecule has 0 fully saturated rings. The van der Waals surface area contributed by atoms with Crippen molar-refractivity contribution in [3.05, 3.63) is 40.5 Å². The molecular weight excluding hydrogens is 314 g/mol. The Labute approximate surface area is 129 Å². The van der Waals surface area contributed by atoms with Crippen molar-refractivity contribution in [2.24, 2.45) is 0 Å². The van der Waals surface area contributed by atoms with Gasteiger partial charge in [-0.15, -0.1) is 0 Å². The lowest BCUT2D eigenvalue weighted by atomic mass is 10.1. The summed E-state index contributed by atoms with van der Waals surface area (Å²) in [6.45, 7) is 7.34. The maximum Gasteiger partial charge on any atom is 0.161 e. The normalized spacial score (nSPS) is 10.8. The Balaban J connectivity index is 2.50. The van der Waals surface area contributed by atoms with E-state index in [1.807, 2.05) is 30.3 Å². The average Bonchev–Trinajstić information content (AvgIpc) is 2.46. The molecule has 0 aliphatic heterocycles. The van der Waals surface area contributed by atoms with Crippen molar-refractivity contribution in [1.82, 2.24) is 9.97 Å². The van der Waals surface area contributed by atoms with Gasteiger partial charge in [-0.05, 0) is 28.3 Å². The van der Waals surface area contributed by atoms with Crippen molar-refractivity contribution < 1.29 is 0 Å². The SMILES string of the molecule is CCCNc1nc(-c2ccccc2)nc(C(C)C)c1Br. The molecule has 0 radical (unpaired) electrons. The first kappa shape index (κ1) is 15.0.